The highest BCUT2D eigenvalue weighted by Crippen LogP contribution is 2.16. The third-order valence-corrected chi connectivity index (χ3v) is 5.08. The van der Waals surface area contributed by atoms with Crippen LogP contribution in [0.3, 0.4) is 0 Å². The SMILES string of the molecule is O=C(O)CN(C(=O)CNc1cccs1)N(CC(=O)O)C(=O)C(=NO)c1cccs1. The van der Waals surface area contributed by atoms with Gasteiger partial charge in [0, 0.05) is 0 Å². The summed E-state index contributed by atoms with van der Waals surface area (Å²) >= 11 is 2.35. The summed E-state index contributed by atoms with van der Waals surface area (Å²) in [6, 6.07) is 6.45. The number of hydrogen-bond acceptors (Lipinski definition) is 9. The van der Waals surface area contributed by atoms with E-state index in [0.717, 1.165) is 11.3 Å². The third-order valence-electron chi connectivity index (χ3n) is 3.38. The summed E-state index contributed by atoms with van der Waals surface area (Å²) in [6.45, 7) is -2.36. The monoisotopic (exact) mass is 440 g/mol. The number of hydrogen-bond donors (Lipinski definition) is 4. The van der Waals surface area contributed by atoms with Crippen molar-refractivity contribution in [3.05, 3.63) is 39.9 Å². The molecule has 2 rings (SSSR count). The van der Waals surface area contributed by atoms with Crippen LogP contribution in [-0.2, 0) is 19.2 Å². The first kappa shape index (κ1) is 21.8. The van der Waals surface area contributed by atoms with Crippen LogP contribution < -0.4 is 5.32 Å². The second kappa shape index (κ2) is 10.2. The van der Waals surface area contributed by atoms with Gasteiger partial charge in [-0.2, -0.15) is 0 Å². The number of carboxylic acids is 2. The average Bonchev–Trinajstić information content (AvgIpc) is 3.36. The number of hydrazine groups is 1. The van der Waals surface area contributed by atoms with Crippen LogP contribution in [0.2, 0.25) is 0 Å². The number of carbonyl (C=O) groups excluding carboxylic acids is 2. The molecule has 0 bridgehead atoms. The van der Waals surface area contributed by atoms with Crippen LogP contribution >= 0.6 is 22.7 Å². The Morgan fingerprint density at radius 3 is 2.10 bits per heavy atom. The van der Waals surface area contributed by atoms with Crippen molar-refractivity contribution >= 4 is 57.1 Å². The standard InChI is InChI=1S/C16H16N4O7S2/c21-12(7-17-11-4-2-6-29-11)19(8-13(22)23)20(9-14(24)25)16(26)15(18-27)10-3-1-5-28-10/h1-6,17,27H,7-9H2,(H,22,23)(H,24,25). The van der Waals surface area contributed by atoms with E-state index in [4.69, 9.17) is 10.2 Å². The van der Waals surface area contributed by atoms with Gasteiger partial charge >= 0.3 is 11.9 Å². The number of nitrogens with one attached hydrogen (secondary N) is 1. The predicted molar refractivity (Wildman–Crippen MR) is 104 cm³/mol. The maximum absolute atomic E-state index is 12.8. The zero-order valence-corrected chi connectivity index (χ0v) is 16.4. The molecule has 154 valence electrons. The average molecular weight is 440 g/mol. The molecule has 0 aliphatic rings. The van der Waals surface area contributed by atoms with Gasteiger partial charge in [0.15, 0.2) is 5.71 Å². The summed E-state index contributed by atoms with van der Waals surface area (Å²) in [6.07, 6.45) is 0. The van der Waals surface area contributed by atoms with Gasteiger partial charge in [0.1, 0.15) is 13.1 Å². The Balaban J connectivity index is 2.31. The Labute approximate surface area is 172 Å². The minimum absolute atomic E-state index is 0.215. The summed E-state index contributed by atoms with van der Waals surface area (Å²) in [4.78, 5) is 48.2. The van der Waals surface area contributed by atoms with E-state index < -0.39 is 42.6 Å². The van der Waals surface area contributed by atoms with Crippen LogP contribution in [-0.4, -0.2) is 74.5 Å². The number of carboxylic acid groups (broad SMARTS) is 2. The maximum Gasteiger partial charge on any atom is 0.325 e. The minimum Gasteiger partial charge on any atom is -0.480 e. The van der Waals surface area contributed by atoms with Crippen LogP contribution in [0.15, 0.2) is 40.2 Å². The molecule has 2 amide bonds. The van der Waals surface area contributed by atoms with Crippen molar-refractivity contribution in [3.63, 3.8) is 0 Å². The van der Waals surface area contributed by atoms with Crippen molar-refractivity contribution in [2.75, 3.05) is 25.0 Å². The van der Waals surface area contributed by atoms with Crippen molar-refractivity contribution < 1.29 is 34.6 Å². The fraction of sp³-hybridized carbons (Fsp3) is 0.188. The molecule has 2 aromatic heterocycles. The van der Waals surface area contributed by atoms with Crippen molar-refractivity contribution in [2.24, 2.45) is 5.16 Å². The number of nitrogens with zero attached hydrogens (tertiary/aromatic N) is 3. The molecule has 0 aromatic carbocycles. The number of oxime groups is 1. The highest BCUT2D eigenvalue weighted by molar-refractivity contribution is 7.14. The number of thiophene rings is 2. The van der Waals surface area contributed by atoms with E-state index in [1.54, 1.807) is 29.0 Å². The molecule has 0 aliphatic heterocycles. The van der Waals surface area contributed by atoms with Crippen molar-refractivity contribution in [3.8, 4) is 0 Å². The molecule has 2 heterocycles. The Bertz CT molecular complexity index is 897. The largest absolute Gasteiger partial charge is 0.480 e. The van der Waals surface area contributed by atoms with Crippen LogP contribution in [0.25, 0.3) is 0 Å². The zero-order chi connectivity index (χ0) is 21.4. The van der Waals surface area contributed by atoms with E-state index >= 15 is 0 Å². The topological polar surface area (TPSA) is 160 Å². The fourth-order valence-corrected chi connectivity index (χ4v) is 3.51. The van der Waals surface area contributed by atoms with Gasteiger partial charge in [-0.15, -0.1) is 22.7 Å². The quantitative estimate of drug-likeness (QED) is 0.253. The molecule has 2 aromatic rings. The van der Waals surface area contributed by atoms with Crippen LogP contribution in [0, 0.1) is 0 Å². The van der Waals surface area contributed by atoms with E-state index in [9.17, 15) is 24.4 Å². The Morgan fingerprint density at radius 2 is 1.59 bits per heavy atom. The molecule has 4 N–H and O–H groups in total. The van der Waals surface area contributed by atoms with E-state index in [2.05, 4.69) is 10.5 Å². The molecule has 0 radical (unpaired) electrons. The Kier molecular flexibility index (Phi) is 7.68. The lowest BCUT2D eigenvalue weighted by atomic mass is 10.2. The number of aliphatic carboxylic acids is 2. The molecule has 29 heavy (non-hydrogen) atoms. The van der Waals surface area contributed by atoms with Crippen LogP contribution in [0.4, 0.5) is 5.00 Å². The smallest absolute Gasteiger partial charge is 0.325 e. The molecule has 0 saturated heterocycles. The number of carbonyl (C=O) groups is 4. The second-order valence-electron chi connectivity index (χ2n) is 5.36. The summed E-state index contributed by atoms with van der Waals surface area (Å²) < 4.78 is 0. The lowest BCUT2D eigenvalue weighted by Gasteiger charge is -2.32. The molecule has 0 aliphatic carbocycles. The van der Waals surface area contributed by atoms with Gasteiger partial charge in [-0.25, -0.2) is 10.0 Å². The molecule has 0 fully saturated rings. The predicted octanol–water partition coefficient (Wildman–Crippen LogP) is 0.841. The molecular weight excluding hydrogens is 424 g/mol. The Morgan fingerprint density at radius 1 is 0.966 bits per heavy atom. The summed E-state index contributed by atoms with van der Waals surface area (Å²) in [5.41, 5.74) is -0.518. The first-order valence-electron chi connectivity index (χ1n) is 7.92. The molecule has 0 atom stereocenters. The van der Waals surface area contributed by atoms with Gasteiger partial charge < -0.3 is 20.7 Å². The van der Waals surface area contributed by atoms with Gasteiger partial charge in [-0.1, -0.05) is 11.2 Å². The van der Waals surface area contributed by atoms with E-state index in [1.165, 1.54) is 17.4 Å². The van der Waals surface area contributed by atoms with Crippen LogP contribution in [0.5, 0.6) is 0 Å². The molecule has 0 spiro atoms. The number of rotatable bonds is 9. The second-order valence-corrected chi connectivity index (χ2v) is 7.25. The minimum atomic E-state index is -1.49. The van der Waals surface area contributed by atoms with E-state index in [1.807, 2.05) is 0 Å². The van der Waals surface area contributed by atoms with Gasteiger partial charge in [0.2, 0.25) is 0 Å². The third kappa shape index (κ3) is 6.02. The highest BCUT2D eigenvalue weighted by atomic mass is 32.1. The molecule has 0 saturated carbocycles. The molecule has 13 heteroatoms. The van der Waals surface area contributed by atoms with Gasteiger partial charge in [0.05, 0.1) is 16.4 Å². The zero-order valence-electron chi connectivity index (χ0n) is 14.7. The van der Waals surface area contributed by atoms with Crippen molar-refractivity contribution in [1.82, 2.24) is 10.0 Å². The molecule has 0 unspecified atom stereocenters. The first-order valence-corrected chi connectivity index (χ1v) is 9.68. The lowest BCUT2D eigenvalue weighted by molar-refractivity contribution is -0.168. The van der Waals surface area contributed by atoms with E-state index in [-0.39, 0.29) is 11.4 Å². The summed E-state index contributed by atoms with van der Waals surface area (Å²) in [7, 11) is 0. The maximum atomic E-state index is 12.8. The highest BCUT2D eigenvalue weighted by Gasteiger charge is 2.33. The van der Waals surface area contributed by atoms with Crippen LogP contribution in [0.1, 0.15) is 4.88 Å². The fourth-order valence-electron chi connectivity index (χ4n) is 2.20. The lowest BCUT2D eigenvalue weighted by Crippen LogP contribution is -2.56. The van der Waals surface area contributed by atoms with Gasteiger partial charge in [0.25, 0.3) is 11.8 Å². The van der Waals surface area contributed by atoms with Gasteiger partial charge in [-0.05, 0) is 29.0 Å². The van der Waals surface area contributed by atoms with E-state index in [0.29, 0.717) is 15.0 Å². The summed E-state index contributed by atoms with van der Waals surface area (Å²) in [5, 5.41) is 38.2. The summed E-state index contributed by atoms with van der Waals surface area (Å²) in [5.74, 6) is -4.95. The van der Waals surface area contributed by atoms with Gasteiger partial charge in [-0.3, -0.25) is 19.2 Å². The van der Waals surface area contributed by atoms with Crippen molar-refractivity contribution in [2.45, 2.75) is 0 Å². The molecule has 11 nitrogen and oxygen atoms in total. The first-order chi connectivity index (χ1) is 13.8. The number of anilines is 1. The van der Waals surface area contributed by atoms with Crippen molar-refractivity contribution in [1.29, 1.82) is 0 Å². The molecular formula is C16H16N4O7S2. The normalized spacial score (nSPS) is 11.0. The Hall–Kier alpha value is -3.45. The number of amides is 2.